The van der Waals surface area contributed by atoms with E-state index in [1.165, 1.54) is 31.2 Å². The number of benzene rings is 1. The van der Waals surface area contributed by atoms with Crippen molar-refractivity contribution in [3.05, 3.63) is 29.6 Å². The van der Waals surface area contributed by atoms with Gasteiger partial charge >= 0.3 is 0 Å². The number of H-pyrrole nitrogens is 1. The SMILES string of the molecule is CCCCCCC(CC)C(=O)N1CCCC1c1nc2ccc(C)cc2[nH]1. The lowest BCUT2D eigenvalue weighted by Gasteiger charge is -2.27. The first-order valence-electron chi connectivity index (χ1n) is 10.4. The van der Waals surface area contributed by atoms with Crippen LogP contribution in [0.3, 0.4) is 0 Å². The minimum absolute atomic E-state index is 0.111. The van der Waals surface area contributed by atoms with Gasteiger partial charge in [-0.05, 0) is 50.3 Å². The topological polar surface area (TPSA) is 49.0 Å². The Morgan fingerprint density at radius 3 is 2.92 bits per heavy atom. The third-order valence-electron chi connectivity index (χ3n) is 5.76. The largest absolute Gasteiger partial charge is 0.340 e. The van der Waals surface area contributed by atoms with Crippen molar-refractivity contribution in [2.45, 2.75) is 78.2 Å². The summed E-state index contributed by atoms with van der Waals surface area (Å²) in [5, 5.41) is 0. The second kappa shape index (κ2) is 8.70. The van der Waals surface area contributed by atoms with Crippen LogP contribution in [-0.2, 0) is 4.79 Å². The molecule has 142 valence electrons. The van der Waals surface area contributed by atoms with Crippen LogP contribution in [0.1, 0.15) is 82.6 Å². The number of amides is 1. The van der Waals surface area contributed by atoms with Crippen molar-refractivity contribution in [1.82, 2.24) is 14.9 Å². The maximum atomic E-state index is 13.2. The Bertz CT molecular complexity index is 736. The first kappa shape index (κ1) is 18.9. The highest BCUT2D eigenvalue weighted by Gasteiger charge is 2.34. The molecule has 2 aromatic rings. The molecule has 1 aliphatic heterocycles. The van der Waals surface area contributed by atoms with Gasteiger partial charge in [0.2, 0.25) is 5.91 Å². The summed E-state index contributed by atoms with van der Waals surface area (Å²) in [6.07, 6.45) is 8.97. The van der Waals surface area contributed by atoms with Crippen molar-refractivity contribution >= 4 is 16.9 Å². The molecule has 4 nitrogen and oxygen atoms in total. The molecule has 1 saturated heterocycles. The van der Waals surface area contributed by atoms with Gasteiger partial charge in [-0.3, -0.25) is 4.79 Å². The number of hydrogen-bond acceptors (Lipinski definition) is 2. The molecule has 1 amide bonds. The Morgan fingerprint density at radius 1 is 1.31 bits per heavy atom. The molecule has 1 aliphatic rings. The van der Waals surface area contributed by atoms with Gasteiger partial charge in [0.25, 0.3) is 0 Å². The van der Waals surface area contributed by atoms with E-state index in [1.807, 2.05) is 0 Å². The zero-order valence-electron chi connectivity index (χ0n) is 16.6. The lowest BCUT2D eigenvalue weighted by molar-refractivity contribution is -0.137. The molecule has 26 heavy (non-hydrogen) atoms. The Balaban J connectivity index is 1.72. The highest BCUT2D eigenvalue weighted by Crippen LogP contribution is 2.34. The fourth-order valence-electron chi connectivity index (χ4n) is 4.17. The van der Waals surface area contributed by atoms with Gasteiger partial charge in [0.15, 0.2) is 0 Å². The van der Waals surface area contributed by atoms with Crippen molar-refractivity contribution in [3.63, 3.8) is 0 Å². The molecule has 1 fully saturated rings. The standard InChI is InChI=1S/C22H33N3O/c1-4-6-7-8-10-17(5-2)22(26)25-14-9-11-20(25)21-23-18-13-12-16(3)15-19(18)24-21/h12-13,15,17,20H,4-11,14H2,1-3H3,(H,23,24). The highest BCUT2D eigenvalue weighted by molar-refractivity contribution is 5.80. The summed E-state index contributed by atoms with van der Waals surface area (Å²) in [6, 6.07) is 6.40. The van der Waals surface area contributed by atoms with Crippen LogP contribution in [0.25, 0.3) is 11.0 Å². The average Bonchev–Trinajstić information content (AvgIpc) is 3.27. The molecule has 2 atom stereocenters. The summed E-state index contributed by atoms with van der Waals surface area (Å²) in [6.45, 7) is 7.34. The maximum Gasteiger partial charge on any atom is 0.226 e. The molecule has 0 spiro atoms. The van der Waals surface area contributed by atoms with E-state index in [-0.39, 0.29) is 12.0 Å². The molecular weight excluding hydrogens is 322 g/mol. The predicted octanol–water partition coefficient (Wildman–Crippen LogP) is 5.53. The minimum atomic E-state index is 0.111. The molecule has 0 radical (unpaired) electrons. The van der Waals surface area contributed by atoms with Crippen molar-refractivity contribution in [2.24, 2.45) is 5.92 Å². The van der Waals surface area contributed by atoms with E-state index in [4.69, 9.17) is 4.98 Å². The third-order valence-corrected chi connectivity index (χ3v) is 5.76. The minimum Gasteiger partial charge on any atom is -0.340 e. The third kappa shape index (κ3) is 4.11. The molecule has 0 aliphatic carbocycles. The van der Waals surface area contributed by atoms with Crippen LogP contribution in [0.2, 0.25) is 0 Å². The van der Waals surface area contributed by atoms with E-state index >= 15 is 0 Å². The Kier molecular flexibility index (Phi) is 6.33. The number of aromatic nitrogens is 2. The molecule has 2 heterocycles. The van der Waals surface area contributed by atoms with Crippen molar-refractivity contribution < 1.29 is 4.79 Å². The van der Waals surface area contributed by atoms with Crippen LogP contribution >= 0.6 is 0 Å². The smallest absolute Gasteiger partial charge is 0.226 e. The fraction of sp³-hybridized carbons (Fsp3) is 0.636. The van der Waals surface area contributed by atoms with E-state index < -0.39 is 0 Å². The summed E-state index contributed by atoms with van der Waals surface area (Å²) >= 11 is 0. The number of nitrogens with one attached hydrogen (secondary N) is 1. The molecule has 2 unspecified atom stereocenters. The lowest BCUT2D eigenvalue weighted by atomic mass is 9.96. The Hall–Kier alpha value is -1.84. The van der Waals surface area contributed by atoms with E-state index in [2.05, 4.69) is 48.9 Å². The zero-order valence-corrected chi connectivity index (χ0v) is 16.6. The number of unbranched alkanes of at least 4 members (excludes halogenated alkanes) is 3. The number of aryl methyl sites for hydroxylation is 1. The van der Waals surface area contributed by atoms with E-state index in [0.717, 1.165) is 49.1 Å². The molecule has 3 rings (SSSR count). The highest BCUT2D eigenvalue weighted by atomic mass is 16.2. The number of hydrogen-bond donors (Lipinski definition) is 1. The normalized spacial score (nSPS) is 18.6. The first-order valence-corrected chi connectivity index (χ1v) is 10.4. The molecule has 1 aromatic carbocycles. The second-order valence-electron chi connectivity index (χ2n) is 7.79. The van der Waals surface area contributed by atoms with Gasteiger partial charge in [-0.2, -0.15) is 0 Å². The number of carbonyl (C=O) groups is 1. The van der Waals surface area contributed by atoms with Crippen molar-refractivity contribution in [2.75, 3.05) is 6.54 Å². The van der Waals surface area contributed by atoms with Crippen LogP contribution in [0.5, 0.6) is 0 Å². The summed E-state index contributed by atoms with van der Waals surface area (Å²) in [4.78, 5) is 23.5. The monoisotopic (exact) mass is 355 g/mol. The second-order valence-corrected chi connectivity index (χ2v) is 7.79. The van der Waals surface area contributed by atoms with Gasteiger partial charge in [0, 0.05) is 12.5 Å². The molecule has 4 heteroatoms. The summed E-state index contributed by atoms with van der Waals surface area (Å²) in [5.41, 5.74) is 3.30. The van der Waals surface area contributed by atoms with Gasteiger partial charge in [-0.25, -0.2) is 4.98 Å². The molecule has 1 N–H and O–H groups in total. The zero-order chi connectivity index (χ0) is 18.5. The maximum absolute atomic E-state index is 13.2. The van der Waals surface area contributed by atoms with Crippen molar-refractivity contribution in [3.8, 4) is 0 Å². The summed E-state index contributed by atoms with van der Waals surface area (Å²) in [5.74, 6) is 1.46. The van der Waals surface area contributed by atoms with Crippen LogP contribution in [0.15, 0.2) is 18.2 Å². The fourth-order valence-corrected chi connectivity index (χ4v) is 4.17. The lowest BCUT2D eigenvalue weighted by Crippen LogP contribution is -2.36. The number of nitrogens with zero attached hydrogens (tertiary/aromatic N) is 2. The number of carbonyl (C=O) groups excluding carboxylic acids is 1. The van der Waals surface area contributed by atoms with Crippen molar-refractivity contribution in [1.29, 1.82) is 0 Å². The van der Waals surface area contributed by atoms with Gasteiger partial charge < -0.3 is 9.88 Å². The van der Waals surface area contributed by atoms with Gasteiger partial charge in [-0.1, -0.05) is 45.6 Å². The van der Waals surface area contributed by atoms with Crippen LogP contribution in [0.4, 0.5) is 0 Å². The Labute approximate surface area is 157 Å². The van der Waals surface area contributed by atoms with Crippen LogP contribution < -0.4 is 0 Å². The van der Waals surface area contributed by atoms with Gasteiger partial charge in [0.1, 0.15) is 5.82 Å². The van der Waals surface area contributed by atoms with Crippen LogP contribution in [-0.4, -0.2) is 27.3 Å². The molecule has 0 bridgehead atoms. The number of aromatic amines is 1. The van der Waals surface area contributed by atoms with E-state index in [9.17, 15) is 4.79 Å². The van der Waals surface area contributed by atoms with Gasteiger partial charge in [-0.15, -0.1) is 0 Å². The average molecular weight is 356 g/mol. The van der Waals surface area contributed by atoms with Gasteiger partial charge in [0.05, 0.1) is 17.1 Å². The van der Waals surface area contributed by atoms with E-state index in [1.54, 1.807) is 0 Å². The molecular formula is C22H33N3O. The number of likely N-dealkylation sites (tertiary alicyclic amines) is 1. The first-order chi connectivity index (χ1) is 12.6. The molecule has 1 aromatic heterocycles. The molecule has 0 saturated carbocycles. The van der Waals surface area contributed by atoms with E-state index in [0.29, 0.717) is 5.91 Å². The number of rotatable bonds is 8. The Morgan fingerprint density at radius 2 is 2.15 bits per heavy atom. The summed E-state index contributed by atoms with van der Waals surface area (Å²) < 4.78 is 0. The van der Waals surface area contributed by atoms with Crippen LogP contribution in [0, 0.1) is 12.8 Å². The summed E-state index contributed by atoms with van der Waals surface area (Å²) in [7, 11) is 0. The number of fused-ring (bicyclic) bond motifs is 1. The quantitative estimate of drug-likeness (QED) is 0.633. The predicted molar refractivity (Wildman–Crippen MR) is 107 cm³/mol. The number of imidazole rings is 1.